The Morgan fingerprint density at radius 3 is 2.68 bits per heavy atom. The van der Waals surface area contributed by atoms with Crippen molar-refractivity contribution in [2.45, 2.75) is 59.2 Å². The van der Waals surface area contributed by atoms with Crippen LogP contribution in [0.15, 0.2) is 58.4 Å². The first-order chi connectivity index (χ1) is 18.0. The lowest BCUT2D eigenvalue weighted by atomic mass is 9.94. The van der Waals surface area contributed by atoms with E-state index < -0.39 is 24.1 Å². The first-order valence-electron chi connectivity index (χ1n) is 12.7. The number of hydrogen-bond acceptors (Lipinski definition) is 8. The van der Waals surface area contributed by atoms with Crippen molar-refractivity contribution in [2.24, 2.45) is 11.8 Å². The van der Waals surface area contributed by atoms with Crippen LogP contribution in [-0.2, 0) is 25.5 Å². The van der Waals surface area contributed by atoms with Crippen LogP contribution in [0.5, 0.6) is 0 Å². The number of fused-ring (bicyclic) bond motifs is 3. The highest BCUT2D eigenvalue weighted by Crippen LogP contribution is 2.24. The van der Waals surface area contributed by atoms with Gasteiger partial charge in [0.2, 0.25) is 11.8 Å². The van der Waals surface area contributed by atoms with Gasteiger partial charge in [0.15, 0.2) is 5.69 Å². The number of allylic oxidation sites excluding steroid dienone is 2. The molecule has 0 saturated heterocycles. The molecule has 2 bridgehead atoms. The molecule has 0 unspecified atom stereocenters. The van der Waals surface area contributed by atoms with Gasteiger partial charge in [0.05, 0.1) is 12.5 Å². The van der Waals surface area contributed by atoms with E-state index in [1.807, 2.05) is 20.8 Å². The van der Waals surface area contributed by atoms with Crippen molar-refractivity contribution in [2.75, 3.05) is 13.1 Å². The fourth-order valence-electron chi connectivity index (χ4n) is 4.33. The number of oxazole rings is 1. The molecular weight excluding hydrogens is 490 g/mol. The molecule has 10 nitrogen and oxygen atoms in total. The van der Waals surface area contributed by atoms with E-state index in [4.69, 9.17) is 9.15 Å². The Balaban J connectivity index is 1.86. The number of aliphatic hydroxyl groups excluding tert-OH is 1. The van der Waals surface area contributed by atoms with Crippen molar-refractivity contribution in [1.82, 2.24) is 15.2 Å². The molecule has 1 aromatic heterocycles. The number of ketones is 1. The molecule has 38 heavy (non-hydrogen) atoms. The summed E-state index contributed by atoms with van der Waals surface area (Å²) in [6, 6.07) is 0. The monoisotopic (exact) mass is 525 g/mol. The Hall–Kier alpha value is -3.79. The van der Waals surface area contributed by atoms with Crippen LogP contribution >= 0.6 is 0 Å². The zero-order chi connectivity index (χ0) is 27.8. The van der Waals surface area contributed by atoms with Crippen LogP contribution < -0.4 is 5.32 Å². The Kier molecular flexibility index (Phi) is 9.95. The summed E-state index contributed by atoms with van der Waals surface area (Å²) in [6.07, 6.45) is 9.48. The second-order valence-electron chi connectivity index (χ2n) is 9.84. The van der Waals surface area contributed by atoms with E-state index in [0.717, 1.165) is 11.8 Å². The Morgan fingerprint density at radius 2 is 1.95 bits per heavy atom. The van der Waals surface area contributed by atoms with Gasteiger partial charge in [-0.15, -0.1) is 0 Å². The molecule has 2 aliphatic heterocycles. The topological polar surface area (TPSA) is 139 Å². The summed E-state index contributed by atoms with van der Waals surface area (Å²) in [5.74, 6) is -2.07. The summed E-state index contributed by atoms with van der Waals surface area (Å²) in [4.78, 5) is 56.3. The number of cyclic esters (lactones) is 1. The first-order valence-corrected chi connectivity index (χ1v) is 12.7. The van der Waals surface area contributed by atoms with Gasteiger partial charge < -0.3 is 24.5 Å². The number of Topliss-reactive ketones (excluding diaryl/α,β-unsaturated/α-hetero) is 1. The number of aliphatic hydroxyl groups is 1. The summed E-state index contributed by atoms with van der Waals surface area (Å²) < 4.78 is 11.1. The van der Waals surface area contributed by atoms with Crippen LogP contribution in [-0.4, -0.2) is 63.9 Å². The molecule has 0 fully saturated rings. The van der Waals surface area contributed by atoms with Crippen LogP contribution in [0.25, 0.3) is 0 Å². The van der Waals surface area contributed by atoms with Crippen molar-refractivity contribution >= 4 is 23.6 Å². The molecule has 3 atom stereocenters. The average molecular weight is 526 g/mol. The smallest absolute Gasteiger partial charge is 0.355 e. The molecule has 10 heteroatoms. The van der Waals surface area contributed by atoms with Gasteiger partial charge >= 0.3 is 5.97 Å². The highest BCUT2D eigenvalue weighted by Gasteiger charge is 2.33. The fraction of sp³-hybridized carbons (Fsp3) is 0.464. The molecule has 204 valence electrons. The van der Waals surface area contributed by atoms with E-state index in [1.54, 1.807) is 37.3 Å². The minimum Gasteiger partial charge on any atom is -0.457 e. The standard InChI is InChI=1S/C28H35N3O7/c1-17(2)26-19(4)9-10-24(34)29-11-5-7-18(3)13-20(32)14-21(33)15-25-30-22(16-37-25)27(35)31-12-6-8-23(31)28(36)38-26/h5,7-10,13,16-17,19-20,26,32H,6,11-12,14-15H2,1-4H3,(H,29,34)/b7-5-,10-9+,18-13+/t19-,20-,26-/m1/s1. The van der Waals surface area contributed by atoms with E-state index >= 15 is 0 Å². The number of hydrogen-bond donors (Lipinski definition) is 2. The number of amides is 2. The molecule has 1 aromatic rings. The predicted molar refractivity (Wildman–Crippen MR) is 139 cm³/mol. The van der Waals surface area contributed by atoms with Crippen molar-refractivity contribution in [3.05, 3.63) is 65.6 Å². The van der Waals surface area contributed by atoms with E-state index in [9.17, 15) is 24.3 Å². The molecule has 0 radical (unpaired) electrons. The molecular formula is C28H35N3O7. The number of nitrogens with one attached hydrogen (secondary N) is 1. The minimum absolute atomic E-state index is 0.0315. The zero-order valence-corrected chi connectivity index (χ0v) is 22.2. The number of ether oxygens (including phenoxy) is 1. The van der Waals surface area contributed by atoms with E-state index in [-0.39, 0.29) is 66.7 Å². The number of carbonyl (C=O) groups excluding carboxylic acids is 4. The van der Waals surface area contributed by atoms with Gasteiger partial charge in [0, 0.05) is 25.4 Å². The SMILES string of the molecule is CC1=C\[C@@H](O)CC(=O)Cc2nc(co2)C(=O)N2CCC=C2C(=O)O[C@H](C(C)C)[C@H](C)/C=C/C(=O)NC/C=C\1. The molecule has 0 spiro atoms. The molecule has 3 rings (SSSR count). The van der Waals surface area contributed by atoms with Gasteiger partial charge in [-0.1, -0.05) is 56.7 Å². The Labute approximate surface area is 222 Å². The van der Waals surface area contributed by atoms with Gasteiger partial charge in [0.25, 0.3) is 5.91 Å². The summed E-state index contributed by atoms with van der Waals surface area (Å²) in [7, 11) is 0. The quantitative estimate of drug-likeness (QED) is 0.534. The van der Waals surface area contributed by atoms with Gasteiger partial charge in [0.1, 0.15) is 23.8 Å². The lowest BCUT2D eigenvalue weighted by molar-refractivity contribution is -0.149. The van der Waals surface area contributed by atoms with Crippen LogP contribution in [0, 0.1) is 11.8 Å². The third-order valence-corrected chi connectivity index (χ3v) is 6.19. The summed E-state index contributed by atoms with van der Waals surface area (Å²) in [5, 5.41) is 13.0. The average Bonchev–Trinajstić information content (AvgIpc) is 3.52. The Bertz CT molecular complexity index is 1170. The summed E-state index contributed by atoms with van der Waals surface area (Å²) in [6.45, 7) is 8.00. The van der Waals surface area contributed by atoms with E-state index in [1.165, 1.54) is 11.0 Å². The molecule has 3 heterocycles. The third-order valence-electron chi connectivity index (χ3n) is 6.19. The first kappa shape index (κ1) is 28.8. The number of nitrogens with zero attached hydrogens (tertiary/aromatic N) is 2. The highest BCUT2D eigenvalue weighted by molar-refractivity contribution is 6.00. The molecule has 0 aliphatic carbocycles. The van der Waals surface area contributed by atoms with Crippen LogP contribution in [0.1, 0.15) is 56.9 Å². The molecule has 0 saturated carbocycles. The number of aromatic nitrogens is 1. The maximum atomic E-state index is 13.1. The van der Waals surface area contributed by atoms with Crippen LogP contribution in [0.3, 0.4) is 0 Å². The van der Waals surface area contributed by atoms with Crippen molar-refractivity contribution < 1.29 is 33.4 Å². The van der Waals surface area contributed by atoms with Crippen molar-refractivity contribution in [3.63, 3.8) is 0 Å². The lowest BCUT2D eigenvalue weighted by Crippen LogP contribution is -2.36. The van der Waals surface area contributed by atoms with E-state index in [0.29, 0.717) is 6.42 Å². The second kappa shape index (κ2) is 13.1. The van der Waals surface area contributed by atoms with Crippen LogP contribution in [0.2, 0.25) is 0 Å². The highest BCUT2D eigenvalue weighted by atomic mass is 16.5. The normalized spacial score (nSPS) is 27.6. The number of carbonyl (C=O) groups is 4. The second-order valence-corrected chi connectivity index (χ2v) is 9.84. The minimum atomic E-state index is -1.01. The summed E-state index contributed by atoms with van der Waals surface area (Å²) >= 11 is 0. The Morgan fingerprint density at radius 1 is 1.18 bits per heavy atom. The lowest BCUT2D eigenvalue weighted by Gasteiger charge is -2.27. The largest absolute Gasteiger partial charge is 0.457 e. The van der Waals surface area contributed by atoms with Crippen LogP contribution in [0.4, 0.5) is 0 Å². The van der Waals surface area contributed by atoms with Crippen molar-refractivity contribution in [1.29, 1.82) is 0 Å². The molecule has 0 aromatic carbocycles. The molecule has 2 amide bonds. The molecule has 2 N–H and O–H groups in total. The van der Waals surface area contributed by atoms with E-state index in [2.05, 4.69) is 10.3 Å². The van der Waals surface area contributed by atoms with Gasteiger partial charge in [-0.05, 0) is 25.3 Å². The maximum Gasteiger partial charge on any atom is 0.355 e. The predicted octanol–water partition coefficient (Wildman–Crippen LogP) is 2.66. The van der Waals surface area contributed by atoms with Gasteiger partial charge in [-0.2, -0.15) is 0 Å². The molecule has 2 aliphatic rings. The van der Waals surface area contributed by atoms with Crippen molar-refractivity contribution in [3.8, 4) is 0 Å². The number of rotatable bonds is 1. The third kappa shape index (κ3) is 7.85. The van der Waals surface area contributed by atoms with Gasteiger partial charge in [-0.3, -0.25) is 14.4 Å². The zero-order valence-electron chi connectivity index (χ0n) is 22.2. The fourth-order valence-corrected chi connectivity index (χ4v) is 4.33. The maximum absolute atomic E-state index is 13.1. The number of esters is 1. The summed E-state index contributed by atoms with van der Waals surface area (Å²) in [5.41, 5.74) is 0.809. The van der Waals surface area contributed by atoms with Gasteiger partial charge in [-0.25, -0.2) is 9.78 Å².